The second kappa shape index (κ2) is 38.8. The van der Waals surface area contributed by atoms with Crippen molar-refractivity contribution in [3.05, 3.63) is 202 Å². The van der Waals surface area contributed by atoms with Crippen LogP contribution in [0.3, 0.4) is 0 Å². The fraction of sp³-hybridized carbons (Fsp3) is 0.392. The lowest BCUT2D eigenvalue weighted by Crippen LogP contribution is -2.47. The maximum Gasteiger partial charge on any atom is 0.294 e. The summed E-state index contributed by atoms with van der Waals surface area (Å²) in [6.07, 6.45) is 3.03. The zero-order valence-corrected chi connectivity index (χ0v) is 67.4. The summed E-state index contributed by atoms with van der Waals surface area (Å²) in [5, 5.41) is 11.8. The van der Waals surface area contributed by atoms with Gasteiger partial charge in [0, 0.05) is 149 Å². The van der Waals surface area contributed by atoms with Gasteiger partial charge in [0.15, 0.2) is 11.5 Å². The Morgan fingerprint density at radius 3 is 1.25 bits per heavy atom. The molecule has 5 aromatic rings. The van der Waals surface area contributed by atoms with Crippen molar-refractivity contribution in [2.75, 3.05) is 121 Å². The van der Waals surface area contributed by atoms with Gasteiger partial charge in [-0.1, -0.05) is 163 Å². The van der Waals surface area contributed by atoms with Crippen molar-refractivity contribution >= 4 is 160 Å². The number of benzene rings is 2. The van der Waals surface area contributed by atoms with Gasteiger partial charge >= 0.3 is 0 Å². The van der Waals surface area contributed by atoms with Crippen LogP contribution in [0.1, 0.15) is 71.6 Å². The van der Waals surface area contributed by atoms with Crippen molar-refractivity contribution in [2.45, 2.75) is 67.5 Å². The monoisotopic (exact) mass is 1630 g/mol. The fourth-order valence-electron chi connectivity index (χ4n) is 12.5. The van der Waals surface area contributed by atoms with Crippen LogP contribution >= 0.6 is 95.9 Å². The Balaban J connectivity index is 0.855. The van der Waals surface area contributed by atoms with Crippen molar-refractivity contribution in [1.82, 2.24) is 69.3 Å². The van der Waals surface area contributed by atoms with Gasteiger partial charge in [0.25, 0.3) is 40.3 Å². The molecule has 109 heavy (non-hydrogen) atoms. The summed E-state index contributed by atoms with van der Waals surface area (Å²) in [6, 6.07) is 23.1. The van der Waals surface area contributed by atoms with E-state index in [1.165, 1.54) is 102 Å². The summed E-state index contributed by atoms with van der Waals surface area (Å²) in [5.41, 5.74) is 2.47. The quantitative estimate of drug-likeness (QED) is 0.0405. The molecule has 5 aliphatic rings. The van der Waals surface area contributed by atoms with Gasteiger partial charge in [-0.25, -0.2) is 0 Å². The summed E-state index contributed by atoms with van der Waals surface area (Å²) < 4.78 is 17.9. The number of nitrogens with zero attached hydrogens (tertiary/aromatic N) is 10. The highest BCUT2D eigenvalue weighted by Gasteiger charge is 2.36. The second-order valence-corrected chi connectivity index (χ2v) is 32.8. The molecule has 8 amide bonds. The highest BCUT2D eigenvalue weighted by atomic mass is 32.2. The average molecular weight is 1630 g/mol. The largest absolute Gasteiger partial charge is 0.486 e. The molecule has 0 unspecified atom stereocenters. The zero-order valence-electron chi connectivity index (χ0n) is 60.9. The number of hydrogen-bond acceptors (Lipinski definition) is 24. The van der Waals surface area contributed by atoms with Crippen molar-refractivity contribution in [3.63, 3.8) is 0 Å². The Bertz CT molecular complexity index is 4580. The molecule has 3 aromatic heterocycles. The van der Waals surface area contributed by atoms with E-state index in [9.17, 15) is 52.7 Å². The Labute approximate surface area is 668 Å². The Kier molecular flexibility index (Phi) is 29.5. The maximum atomic E-state index is 14.3. The van der Waals surface area contributed by atoms with E-state index in [-0.39, 0.29) is 161 Å². The van der Waals surface area contributed by atoms with Crippen molar-refractivity contribution < 1.29 is 47.8 Å². The first-order valence-corrected chi connectivity index (χ1v) is 40.7. The number of ether oxygens (including phenoxy) is 2. The highest BCUT2D eigenvalue weighted by Crippen LogP contribution is 2.34. The number of pyridine rings is 3. The number of nitrogens with one attached hydrogen (secondary N) is 4. The van der Waals surface area contributed by atoms with Crippen LogP contribution in [0.5, 0.6) is 5.75 Å². The molecule has 10 rings (SSSR count). The van der Waals surface area contributed by atoms with Crippen LogP contribution in [-0.4, -0.2) is 234 Å². The zero-order chi connectivity index (χ0) is 78.2. The van der Waals surface area contributed by atoms with Crippen LogP contribution in [0, 0.1) is 27.7 Å². The van der Waals surface area contributed by atoms with Gasteiger partial charge in [-0.3, -0.25) is 82.1 Å². The lowest BCUT2D eigenvalue weighted by Gasteiger charge is -2.33. The summed E-state index contributed by atoms with van der Waals surface area (Å²) in [6.45, 7) is 14.4. The third-order valence-corrected chi connectivity index (χ3v) is 24.3. The number of aromatic nitrogens is 3. The highest BCUT2D eigenvalue weighted by molar-refractivity contribution is 8.24. The van der Waals surface area contributed by atoms with Crippen LogP contribution in [0.4, 0.5) is 0 Å². The molecule has 2 aromatic carbocycles. The fourth-order valence-corrected chi connectivity index (χ4v) is 17.3. The predicted octanol–water partition coefficient (Wildman–Crippen LogP) is 4.94. The van der Waals surface area contributed by atoms with Crippen LogP contribution < -0.4 is 42.7 Å². The smallest absolute Gasteiger partial charge is 0.294 e. The first kappa shape index (κ1) is 82.8. The van der Waals surface area contributed by atoms with Gasteiger partial charge in [0.05, 0.1) is 28.0 Å². The lowest BCUT2D eigenvalue weighted by atomic mass is 10.0. The number of carbonyl (C=O) groups excluding carboxylic acids is 8. The summed E-state index contributed by atoms with van der Waals surface area (Å²) >= 11 is 27.3. The summed E-state index contributed by atoms with van der Waals surface area (Å²) in [4.78, 5) is 164. The molecule has 0 saturated carbocycles. The molecular weight excluding hydrogens is 1550 g/mol. The number of rotatable bonds is 33. The van der Waals surface area contributed by atoms with Crippen LogP contribution in [-0.2, 0) is 61.6 Å². The standard InChI is InChI=1S/C74H84N14O13S8/c1-46-39-57(69(98)85-32-36-109-74(85)105)62(100-44-52-13-9-7-10-14-52)51(6)86(46)41-59(90)76-19-24-79(23-18-75-58(89)40-81-22-17-54(66(95)82-29-33-106-71(82)102)63(70(81)99)101-45-53-15-11-8-12-16-53)27-28-80(25-20-77-60(91)42-87-47(2)37-55(49(4)64(87)93)67(96)83-30-34-107-72(83)103)26-21-78-61(92)43-88-48(3)38-56(50(5)65(88)94)68(97)84-31-35-108-73(84)104/h7-17,22,37-39H,6,18-21,23-36,40-45H2,1-5H3,(H,75,89)(H,76,90)(H,77,91)(H,78,92). The first-order chi connectivity index (χ1) is 52.3. The van der Waals surface area contributed by atoms with Crippen molar-refractivity contribution in [2.24, 2.45) is 0 Å². The number of amides is 8. The van der Waals surface area contributed by atoms with Crippen LogP contribution in [0.15, 0.2) is 135 Å². The number of carbonyl (C=O) groups is 8. The van der Waals surface area contributed by atoms with Crippen molar-refractivity contribution in [1.29, 1.82) is 0 Å². The molecule has 0 bridgehead atoms. The van der Waals surface area contributed by atoms with Crippen molar-refractivity contribution in [3.8, 4) is 5.75 Å². The Morgan fingerprint density at radius 2 is 0.844 bits per heavy atom. The van der Waals surface area contributed by atoms with Gasteiger partial charge in [-0.2, -0.15) is 0 Å². The second-order valence-electron chi connectivity index (χ2n) is 25.9. The third kappa shape index (κ3) is 21.1. The lowest BCUT2D eigenvalue weighted by molar-refractivity contribution is -0.123. The molecule has 5 aliphatic heterocycles. The van der Waals surface area contributed by atoms with Gasteiger partial charge in [0.2, 0.25) is 23.6 Å². The van der Waals surface area contributed by atoms with E-state index in [1.807, 2.05) is 70.5 Å². The maximum absolute atomic E-state index is 14.3. The normalized spacial score (nSPS) is 15.2. The molecule has 4 N–H and O–H groups in total. The van der Waals surface area contributed by atoms with E-state index in [1.54, 1.807) is 43.9 Å². The molecule has 35 heteroatoms. The average Bonchev–Trinajstić information content (AvgIpc) is 1.76. The Hall–Kier alpha value is -8.65. The van der Waals surface area contributed by atoms with E-state index in [0.717, 1.165) is 15.7 Å². The molecule has 4 fully saturated rings. The molecule has 0 radical (unpaired) electrons. The SMILES string of the molecule is C=C1C(OCc2ccccc2)=C(C(=O)N2CCSC2=S)C=C(C)N1CC(=O)NCCN(CCNC(=O)Cn1ccc(C(=O)N2CCSC2=S)c(OCc2ccccc2)c1=O)CCN(CCNC(=O)Cn1c(C)cc(C(=O)N2CCSC2=S)c(C)c1=O)CCNC(=O)Cn1c(C)cc(C(=O)N2CCSC2=S)c(C)c1=O. The molecule has 0 spiro atoms. The van der Waals surface area contributed by atoms with E-state index in [2.05, 4.69) is 27.8 Å². The van der Waals surface area contributed by atoms with E-state index < -0.39 is 52.8 Å². The van der Waals surface area contributed by atoms with E-state index in [4.69, 9.17) is 58.3 Å². The minimum atomic E-state index is -0.710. The number of hydrogen-bond donors (Lipinski definition) is 4. The summed E-state index contributed by atoms with van der Waals surface area (Å²) in [7, 11) is 0. The number of allylic oxidation sites excluding steroid dienone is 1. The predicted molar refractivity (Wildman–Crippen MR) is 440 cm³/mol. The van der Waals surface area contributed by atoms with Gasteiger partial charge in [-0.05, 0) is 70.0 Å². The Morgan fingerprint density at radius 1 is 0.468 bits per heavy atom. The molecule has 0 atom stereocenters. The van der Waals surface area contributed by atoms with E-state index >= 15 is 0 Å². The molecule has 0 aliphatic carbocycles. The topological polar surface area (TPSA) is 292 Å². The van der Waals surface area contributed by atoms with Gasteiger partial charge in [0.1, 0.15) is 56.7 Å². The number of thiocarbonyl (C=S) groups is 4. The minimum absolute atomic E-state index is 0.00271. The first-order valence-electron chi connectivity index (χ1n) is 35.1. The van der Waals surface area contributed by atoms with Crippen LogP contribution in [0.25, 0.3) is 0 Å². The van der Waals surface area contributed by atoms with Gasteiger partial charge < -0.3 is 49.3 Å². The number of thioether (sulfide) groups is 4. The summed E-state index contributed by atoms with van der Waals surface area (Å²) in [5.74, 6) is -1.05. The van der Waals surface area contributed by atoms with E-state index in [0.29, 0.717) is 89.3 Å². The molecule has 8 heterocycles. The number of aryl methyl sites for hydroxylation is 2. The van der Waals surface area contributed by atoms with Crippen LogP contribution in [0.2, 0.25) is 0 Å². The minimum Gasteiger partial charge on any atom is -0.486 e. The molecule has 4 saturated heterocycles. The third-order valence-electron chi connectivity index (χ3n) is 18.6. The van der Waals surface area contributed by atoms with Gasteiger partial charge in [-0.15, -0.1) is 0 Å². The molecule has 27 nitrogen and oxygen atoms in total. The molecule has 576 valence electrons. The molecular formula is C74H84N14O13S8.